The van der Waals surface area contributed by atoms with Crippen molar-refractivity contribution in [2.75, 3.05) is 18.9 Å². The first kappa shape index (κ1) is 37.4. The van der Waals surface area contributed by atoms with E-state index in [1.54, 1.807) is 17.2 Å². The molecule has 0 unspecified atom stereocenters. The van der Waals surface area contributed by atoms with Gasteiger partial charge in [0.25, 0.3) is 11.8 Å². The van der Waals surface area contributed by atoms with Gasteiger partial charge in [-0.2, -0.15) is 5.10 Å². The number of aromatic nitrogens is 4. The summed E-state index contributed by atoms with van der Waals surface area (Å²) in [7, 11) is 2.11. The van der Waals surface area contributed by atoms with E-state index in [2.05, 4.69) is 44.4 Å². The third-order valence-electron chi connectivity index (χ3n) is 11.4. The first-order chi connectivity index (χ1) is 27.2. The first-order valence-corrected chi connectivity index (χ1v) is 20.0. The fourth-order valence-corrected chi connectivity index (χ4v) is 8.68. The van der Waals surface area contributed by atoms with Gasteiger partial charge in [0.15, 0.2) is 0 Å². The molecular weight excluding hydrogens is 728 g/mol. The van der Waals surface area contributed by atoms with Gasteiger partial charge in [0.2, 0.25) is 11.8 Å². The number of carbonyl (C=O) groups is 4. The summed E-state index contributed by atoms with van der Waals surface area (Å²) in [6, 6.07) is 12.7. The molecule has 0 aliphatic carbocycles. The van der Waals surface area contributed by atoms with E-state index in [0.29, 0.717) is 34.9 Å². The number of H-pyrrole nitrogens is 1. The number of hydrogen-bond acceptors (Lipinski definition) is 7. The van der Waals surface area contributed by atoms with Gasteiger partial charge in [-0.25, -0.2) is 4.98 Å². The third-order valence-corrected chi connectivity index (χ3v) is 11.8. The first-order valence-electron chi connectivity index (χ1n) is 19.6. The highest BCUT2D eigenvalue weighted by atomic mass is 35.5. The lowest BCUT2D eigenvalue weighted by atomic mass is 10.0. The Balaban J connectivity index is 0.816. The highest BCUT2D eigenvalue weighted by Crippen LogP contribution is 2.38. The summed E-state index contributed by atoms with van der Waals surface area (Å²) in [4.78, 5) is 62.4. The lowest BCUT2D eigenvalue weighted by molar-refractivity contribution is -0.136. The van der Waals surface area contributed by atoms with Gasteiger partial charge >= 0.3 is 0 Å². The van der Waals surface area contributed by atoms with E-state index >= 15 is 0 Å². The predicted molar refractivity (Wildman–Crippen MR) is 215 cm³/mol. The second-order valence-electron chi connectivity index (χ2n) is 15.2. The number of likely N-dealkylation sites (tertiary alicyclic amines) is 1. The molecule has 8 rings (SSSR count). The van der Waals surface area contributed by atoms with Gasteiger partial charge in [0, 0.05) is 65.7 Å². The smallest absolute Gasteiger partial charge is 0.256 e. The Labute approximate surface area is 330 Å². The van der Waals surface area contributed by atoms with Crippen molar-refractivity contribution in [2.45, 2.75) is 96.3 Å². The van der Waals surface area contributed by atoms with E-state index < -0.39 is 11.9 Å². The van der Waals surface area contributed by atoms with Gasteiger partial charge in [-0.15, -0.1) is 0 Å². The highest BCUT2D eigenvalue weighted by Gasteiger charge is 2.39. The minimum atomic E-state index is -0.637. The van der Waals surface area contributed by atoms with Crippen molar-refractivity contribution in [2.24, 2.45) is 0 Å². The van der Waals surface area contributed by atoms with Crippen LogP contribution in [-0.4, -0.2) is 72.8 Å². The molecule has 3 N–H and O–H groups in total. The van der Waals surface area contributed by atoms with Crippen LogP contribution in [0.15, 0.2) is 48.7 Å². The Hall–Kier alpha value is -5.51. The molecule has 13 heteroatoms. The summed E-state index contributed by atoms with van der Waals surface area (Å²) in [6.07, 6.45) is 10.3. The number of carbonyl (C=O) groups excluding carboxylic acids is 4. The maximum Gasteiger partial charge on any atom is 0.256 e. The quantitative estimate of drug-likeness (QED) is 0.0742. The number of unbranched alkanes of at least 4 members (excludes halogenated alkanes) is 5. The molecule has 0 bridgehead atoms. The molecule has 12 nitrogen and oxygen atoms in total. The van der Waals surface area contributed by atoms with Crippen molar-refractivity contribution in [3.63, 3.8) is 0 Å². The minimum absolute atomic E-state index is 0.186. The molecule has 0 saturated carbocycles. The standard InChI is InChI=1S/C43H45ClN8O4/c1-26-29-17-16-28(41(54)47-37-23-33-31(24-45-37)39(44)40(46-33)34-15-11-20-50(34)2)22-36(29)52(49-26)21-9-7-5-3-4-6-8-12-27-13-10-14-30-32(27)25-51(43(30)56)35-18-19-38(53)48-42(35)55/h10,13-14,16-17,22-24,34-35,46H,3-7,9,11,15,18-21,25H2,1-2H3,(H,45,47,54)(H,48,53,55)/t34-,35-/m1/s1. The molecule has 0 spiro atoms. The zero-order valence-corrected chi connectivity index (χ0v) is 32.5. The monoisotopic (exact) mass is 772 g/mol. The zero-order chi connectivity index (χ0) is 38.9. The predicted octanol–water partition coefficient (Wildman–Crippen LogP) is 7.05. The van der Waals surface area contributed by atoms with Crippen LogP contribution in [0.25, 0.3) is 21.8 Å². The number of benzene rings is 2. The topological polar surface area (TPSA) is 145 Å². The number of rotatable bonds is 11. The zero-order valence-electron chi connectivity index (χ0n) is 31.7. The van der Waals surface area contributed by atoms with E-state index in [-0.39, 0.29) is 30.2 Å². The Morgan fingerprint density at radius 1 is 1.02 bits per heavy atom. The van der Waals surface area contributed by atoms with E-state index in [0.717, 1.165) is 109 Å². The summed E-state index contributed by atoms with van der Waals surface area (Å²) in [5.74, 6) is 5.87. The normalized spacial score (nSPS) is 18.4. The van der Waals surface area contributed by atoms with Crippen molar-refractivity contribution in [1.29, 1.82) is 0 Å². The number of fused-ring (bicyclic) bond motifs is 3. The summed E-state index contributed by atoms with van der Waals surface area (Å²) < 4.78 is 2.00. The van der Waals surface area contributed by atoms with Crippen molar-refractivity contribution >= 4 is 62.9 Å². The number of aromatic amines is 1. The molecule has 56 heavy (non-hydrogen) atoms. The maximum absolute atomic E-state index is 13.4. The number of piperidine rings is 1. The largest absolute Gasteiger partial charge is 0.356 e. The molecule has 3 aliphatic heterocycles. The van der Waals surface area contributed by atoms with E-state index in [1.807, 2.05) is 48.0 Å². The Kier molecular flexibility index (Phi) is 10.6. The number of nitrogens with zero attached hydrogens (tertiary/aromatic N) is 5. The van der Waals surface area contributed by atoms with Crippen LogP contribution in [0.1, 0.15) is 113 Å². The fourth-order valence-electron chi connectivity index (χ4n) is 8.36. The van der Waals surface area contributed by atoms with Crippen molar-refractivity contribution in [3.8, 4) is 11.8 Å². The van der Waals surface area contributed by atoms with Gasteiger partial charge < -0.3 is 15.2 Å². The minimum Gasteiger partial charge on any atom is -0.356 e. The summed E-state index contributed by atoms with van der Waals surface area (Å²) >= 11 is 6.75. The molecule has 2 saturated heterocycles. The molecule has 4 amide bonds. The number of pyridine rings is 1. The molecule has 0 radical (unpaired) electrons. The second-order valence-corrected chi connectivity index (χ2v) is 15.5. The van der Waals surface area contributed by atoms with E-state index in [1.165, 1.54) is 0 Å². The Bertz CT molecular complexity index is 2440. The Morgan fingerprint density at radius 3 is 2.68 bits per heavy atom. The second kappa shape index (κ2) is 15.9. The van der Waals surface area contributed by atoms with Crippen LogP contribution in [0.4, 0.5) is 5.82 Å². The van der Waals surface area contributed by atoms with Gasteiger partial charge in [-0.3, -0.25) is 34.1 Å². The lowest BCUT2D eigenvalue weighted by Crippen LogP contribution is -2.52. The van der Waals surface area contributed by atoms with E-state index in [4.69, 9.17) is 16.7 Å². The number of halogens is 1. The van der Waals surface area contributed by atoms with Crippen molar-refractivity contribution in [3.05, 3.63) is 87.3 Å². The van der Waals surface area contributed by atoms with Gasteiger partial charge in [-0.05, 0) is 82.4 Å². The van der Waals surface area contributed by atoms with Crippen LogP contribution in [0, 0.1) is 18.8 Å². The molecule has 6 heterocycles. The fraction of sp³-hybridized carbons (Fsp3) is 0.395. The molecule has 2 fully saturated rings. The molecular formula is C43H45ClN8O4. The van der Waals surface area contributed by atoms with Crippen LogP contribution in [0.2, 0.25) is 5.02 Å². The molecule has 2 atom stereocenters. The van der Waals surface area contributed by atoms with Crippen LogP contribution in [0.3, 0.4) is 0 Å². The van der Waals surface area contributed by atoms with E-state index in [9.17, 15) is 19.2 Å². The number of imide groups is 1. The molecule has 288 valence electrons. The molecule has 5 aromatic rings. The summed E-state index contributed by atoms with van der Waals surface area (Å²) in [5.41, 5.74) is 6.50. The van der Waals surface area contributed by atoms with Gasteiger partial charge in [0.05, 0.1) is 33.5 Å². The maximum atomic E-state index is 13.4. The van der Waals surface area contributed by atoms with Crippen LogP contribution in [-0.2, 0) is 22.7 Å². The molecule has 2 aromatic carbocycles. The van der Waals surface area contributed by atoms with Crippen LogP contribution in [0.5, 0.6) is 0 Å². The lowest BCUT2D eigenvalue weighted by Gasteiger charge is -2.29. The van der Waals surface area contributed by atoms with Crippen molar-refractivity contribution in [1.82, 2.24) is 34.9 Å². The van der Waals surface area contributed by atoms with Gasteiger partial charge in [-0.1, -0.05) is 54.8 Å². The molecule has 3 aromatic heterocycles. The Morgan fingerprint density at radius 2 is 1.86 bits per heavy atom. The summed E-state index contributed by atoms with van der Waals surface area (Å²) in [6.45, 7) is 4.11. The van der Waals surface area contributed by atoms with Crippen LogP contribution < -0.4 is 10.6 Å². The van der Waals surface area contributed by atoms with Gasteiger partial charge in [0.1, 0.15) is 11.9 Å². The number of anilines is 1. The average Bonchev–Trinajstić information content (AvgIpc) is 3.94. The number of nitrogens with one attached hydrogen (secondary N) is 3. The average molecular weight is 773 g/mol. The highest BCUT2D eigenvalue weighted by molar-refractivity contribution is 6.36. The number of hydrogen-bond donors (Lipinski definition) is 3. The molecule has 3 aliphatic rings. The third kappa shape index (κ3) is 7.41. The summed E-state index contributed by atoms with van der Waals surface area (Å²) in [5, 5.41) is 12.7. The number of aryl methyl sites for hydroxylation is 2. The van der Waals surface area contributed by atoms with Crippen LogP contribution >= 0.6 is 11.6 Å². The SMILES string of the molecule is Cc1nn(CCCCCCCC#Cc2cccc3c2CN([C@@H]2CCC(=O)NC2=O)C3=O)c2cc(C(=O)Nc3cc4[nH]c([C@H]5CCCN5C)c(Cl)c4cn3)ccc12. The number of amides is 4. The van der Waals surface area contributed by atoms with Crippen molar-refractivity contribution < 1.29 is 19.2 Å².